The minimum Gasteiger partial charge on any atom is -0.436 e. The van der Waals surface area contributed by atoms with Crippen LogP contribution in [0.15, 0.2) is 52.0 Å². The van der Waals surface area contributed by atoms with E-state index in [-0.39, 0.29) is 17.9 Å². The highest BCUT2D eigenvalue weighted by Crippen LogP contribution is 2.28. The Balaban J connectivity index is 1.66. The van der Waals surface area contributed by atoms with E-state index in [1.807, 2.05) is 49.4 Å². The number of ether oxygens (including phenoxy) is 1. The van der Waals surface area contributed by atoms with Gasteiger partial charge < -0.3 is 9.15 Å². The zero-order valence-electron chi connectivity index (χ0n) is 16.2. The van der Waals surface area contributed by atoms with Crippen LogP contribution in [-0.4, -0.2) is 23.7 Å². The van der Waals surface area contributed by atoms with Crippen LogP contribution in [0.5, 0.6) is 0 Å². The molecule has 144 valence electrons. The van der Waals surface area contributed by atoms with Crippen molar-refractivity contribution in [1.29, 1.82) is 0 Å². The van der Waals surface area contributed by atoms with Gasteiger partial charge in [0.1, 0.15) is 5.52 Å². The summed E-state index contributed by atoms with van der Waals surface area (Å²) in [6.45, 7) is 4.08. The molecule has 0 saturated heterocycles. The number of carbonyl (C=O) groups excluding carboxylic acids is 1. The molecule has 1 amide bonds. The number of amides is 1. The smallest absolute Gasteiger partial charge is 0.240 e. The number of rotatable bonds is 5. The quantitative estimate of drug-likeness (QED) is 0.712. The number of aromatic nitrogens is 1. The maximum Gasteiger partial charge on any atom is 0.240 e. The van der Waals surface area contributed by atoms with Gasteiger partial charge in [0.05, 0.1) is 11.8 Å². The number of fused-ring (bicyclic) bond motifs is 1. The topological polar surface area (TPSA) is 76.7 Å². The van der Waals surface area contributed by atoms with E-state index in [0.29, 0.717) is 17.9 Å². The maximum absolute atomic E-state index is 11.6. The van der Waals surface area contributed by atoms with Gasteiger partial charge in [0.2, 0.25) is 11.8 Å². The highest BCUT2D eigenvalue weighted by Gasteiger charge is 2.24. The van der Waals surface area contributed by atoms with Gasteiger partial charge in [-0.25, -0.2) is 10.4 Å². The molecule has 0 fully saturated rings. The molecule has 0 radical (unpaired) electrons. The number of nitrogens with one attached hydrogen (secondary N) is 1. The summed E-state index contributed by atoms with van der Waals surface area (Å²) >= 11 is 0. The largest absolute Gasteiger partial charge is 0.436 e. The molecule has 2 heterocycles. The summed E-state index contributed by atoms with van der Waals surface area (Å²) in [5, 5.41) is 4.28. The number of nitrogens with zero attached hydrogens (tertiary/aromatic N) is 2. The molecule has 4 rings (SSSR count). The summed E-state index contributed by atoms with van der Waals surface area (Å²) < 4.78 is 11.4. The Morgan fingerprint density at radius 2 is 1.96 bits per heavy atom. The molecule has 28 heavy (non-hydrogen) atoms. The van der Waals surface area contributed by atoms with Crippen molar-refractivity contribution >= 4 is 22.7 Å². The number of hydrogen-bond acceptors (Lipinski definition) is 5. The third-order valence-electron chi connectivity index (χ3n) is 5.28. The Morgan fingerprint density at radius 3 is 2.68 bits per heavy atom. The zero-order valence-corrected chi connectivity index (χ0v) is 16.2. The summed E-state index contributed by atoms with van der Waals surface area (Å²) in [4.78, 5) is 16.2. The van der Waals surface area contributed by atoms with Crippen LogP contribution in [-0.2, 0) is 9.53 Å². The summed E-state index contributed by atoms with van der Waals surface area (Å²) in [5.74, 6) is 0.656. The lowest BCUT2D eigenvalue weighted by molar-refractivity contribution is -0.122. The minimum absolute atomic E-state index is 0.0372. The molecule has 2 unspecified atom stereocenters. The SMILES string of the molecule is CCC1CC(=O)NN=C1c1ccc2nc(-c3ccc(C(C)OC)cc3)oc2c1. The predicted octanol–water partition coefficient (Wildman–Crippen LogP) is 4.45. The van der Waals surface area contributed by atoms with E-state index in [1.165, 1.54) is 0 Å². The maximum atomic E-state index is 11.6. The molecule has 1 aliphatic rings. The van der Waals surface area contributed by atoms with Crippen molar-refractivity contribution in [3.8, 4) is 11.5 Å². The van der Waals surface area contributed by atoms with E-state index in [9.17, 15) is 4.79 Å². The minimum atomic E-state index is -0.0372. The number of methoxy groups -OCH3 is 1. The zero-order chi connectivity index (χ0) is 19.7. The van der Waals surface area contributed by atoms with Crippen LogP contribution in [0.3, 0.4) is 0 Å². The molecule has 6 heteroatoms. The van der Waals surface area contributed by atoms with Crippen molar-refractivity contribution in [3.63, 3.8) is 0 Å². The summed E-state index contributed by atoms with van der Waals surface area (Å²) in [7, 11) is 1.70. The lowest BCUT2D eigenvalue weighted by atomic mass is 9.90. The van der Waals surface area contributed by atoms with Gasteiger partial charge in [-0.2, -0.15) is 5.10 Å². The summed E-state index contributed by atoms with van der Waals surface area (Å²) in [6, 6.07) is 13.9. The summed E-state index contributed by atoms with van der Waals surface area (Å²) in [5.41, 5.74) is 7.94. The Kier molecular flexibility index (Phi) is 4.96. The Morgan fingerprint density at radius 1 is 1.21 bits per heavy atom. The number of hydrazone groups is 1. The van der Waals surface area contributed by atoms with Crippen LogP contribution in [0.1, 0.15) is 43.9 Å². The molecule has 0 aliphatic carbocycles. The third kappa shape index (κ3) is 3.43. The van der Waals surface area contributed by atoms with Crippen LogP contribution in [0.25, 0.3) is 22.6 Å². The second kappa shape index (κ2) is 7.56. The van der Waals surface area contributed by atoms with Crippen LogP contribution in [0, 0.1) is 5.92 Å². The van der Waals surface area contributed by atoms with Gasteiger partial charge in [0.25, 0.3) is 0 Å². The van der Waals surface area contributed by atoms with Crippen LogP contribution >= 0.6 is 0 Å². The molecule has 1 N–H and O–H groups in total. The van der Waals surface area contributed by atoms with Crippen LogP contribution < -0.4 is 5.43 Å². The first kappa shape index (κ1) is 18.4. The van der Waals surface area contributed by atoms with Gasteiger partial charge in [0, 0.05) is 30.6 Å². The molecule has 3 aromatic rings. The average Bonchev–Trinajstić information content (AvgIpc) is 3.16. The molecular weight excluding hydrogens is 354 g/mol. The fourth-order valence-electron chi connectivity index (χ4n) is 3.46. The average molecular weight is 377 g/mol. The monoisotopic (exact) mass is 377 g/mol. The molecule has 1 aromatic heterocycles. The second-order valence-corrected chi connectivity index (χ2v) is 7.04. The van der Waals surface area contributed by atoms with Crippen LogP contribution in [0.4, 0.5) is 0 Å². The van der Waals surface area contributed by atoms with Gasteiger partial charge >= 0.3 is 0 Å². The van der Waals surface area contributed by atoms with E-state index >= 15 is 0 Å². The van der Waals surface area contributed by atoms with E-state index in [4.69, 9.17) is 9.15 Å². The van der Waals surface area contributed by atoms with Crippen LogP contribution in [0.2, 0.25) is 0 Å². The van der Waals surface area contributed by atoms with Crippen molar-refractivity contribution in [2.45, 2.75) is 32.8 Å². The highest BCUT2D eigenvalue weighted by molar-refractivity contribution is 6.07. The first-order valence-corrected chi connectivity index (χ1v) is 9.49. The van der Waals surface area contributed by atoms with Gasteiger partial charge in [0.15, 0.2) is 5.58 Å². The molecule has 6 nitrogen and oxygen atoms in total. The summed E-state index contributed by atoms with van der Waals surface area (Å²) in [6.07, 6.45) is 1.36. The first-order valence-electron chi connectivity index (χ1n) is 9.49. The number of oxazole rings is 1. The van der Waals surface area contributed by atoms with E-state index in [2.05, 4.69) is 22.4 Å². The van der Waals surface area contributed by atoms with Crippen molar-refractivity contribution in [3.05, 3.63) is 53.6 Å². The molecule has 0 bridgehead atoms. The highest BCUT2D eigenvalue weighted by atomic mass is 16.5. The molecule has 2 aromatic carbocycles. The molecule has 0 saturated carbocycles. The molecular formula is C22H23N3O3. The van der Waals surface area contributed by atoms with Crippen molar-refractivity contribution in [2.24, 2.45) is 11.0 Å². The lowest BCUT2D eigenvalue weighted by Crippen LogP contribution is -2.33. The lowest BCUT2D eigenvalue weighted by Gasteiger charge is -2.21. The normalized spacial score (nSPS) is 18.0. The standard InChI is InChI=1S/C22H23N3O3/c1-4-14-12-20(26)24-25-21(14)17-9-10-18-19(11-17)28-22(23-18)16-7-5-15(6-8-16)13(2)27-3/h5-11,13-14H,4,12H2,1-3H3,(H,24,26). The molecule has 0 spiro atoms. The van der Waals surface area contributed by atoms with E-state index < -0.39 is 0 Å². The fraction of sp³-hybridized carbons (Fsp3) is 0.318. The predicted molar refractivity (Wildman–Crippen MR) is 108 cm³/mol. The second-order valence-electron chi connectivity index (χ2n) is 7.04. The number of hydrogen-bond donors (Lipinski definition) is 1. The molecule has 1 aliphatic heterocycles. The van der Waals surface area contributed by atoms with Gasteiger partial charge in [-0.15, -0.1) is 0 Å². The first-order chi connectivity index (χ1) is 13.6. The van der Waals surface area contributed by atoms with Gasteiger partial charge in [-0.3, -0.25) is 4.79 Å². The van der Waals surface area contributed by atoms with Crippen molar-refractivity contribution in [2.75, 3.05) is 7.11 Å². The third-order valence-corrected chi connectivity index (χ3v) is 5.28. The van der Waals surface area contributed by atoms with E-state index in [1.54, 1.807) is 7.11 Å². The van der Waals surface area contributed by atoms with Crippen molar-refractivity contribution < 1.29 is 13.9 Å². The van der Waals surface area contributed by atoms with E-state index in [0.717, 1.165) is 34.3 Å². The van der Waals surface area contributed by atoms with Crippen molar-refractivity contribution in [1.82, 2.24) is 10.4 Å². The van der Waals surface area contributed by atoms with Gasteiger partial charge in [-0.05, 0) is 43.2 Å². The fourth-order valence-corrected chi connectivity index (χ4v) is 3.46. The van der Waals surface area contributed by atoms with Gasteiger partial charge in [-0.1, -0.05) is 25.1 Å². The number of benzene rings is 2. The Hall–Kier alpha value is -2.99. The Labute approximate surface area is 163 Å². The number of carbonyl (C=O) groups is 1. The molecule has 2 atom stereocenters. The Bertz CT molecular complexity index is 1040.